The molecule has 29 heavy (non-hydrogen) atoms. The average molecular weight is 389 g/mol. The SMILES string of the molecule is O=C(NCCCCN1CCN(c2ccccc2)CC1)c1cccc2cccnc12. The summed E-state index contributed by atoms with van der Waals surface area (Å²) in [5.41, 5.74) is 2.74. The van der Waals surface area contributed by atoms with Gasteiger partial charge < -0.3 is 10.2 Å². The molecule has 1 N–H and O–H groups in total. The molecule has 0 radical (unpaired) electrons. The molecule has 1 saturated heterocycles. The largest absolute Gasteiger partial charge is 0.369 e. The number of piperazine rings is 1. The lowest BCUT2D eigenvalue weighted by molar-refractivity contribution is 0.0954. The standard InChI is InChI=1S/C24H28N4O/c29-24(22-12-6-8-20-9-7-14-25-23(20)22)26-13-4-5-15-27-16-18-28(19-17-27)21-10-2-1-3-11-21/h1-3,6-12,14H,4-5,13,15-19H2,(H,26,29). The molecular weight excluding hydrogens is 360 g/mol. The number of pyridine rings is 1. The molecule has 0 atom stereocenters. The summed E-state index contributed by atoms with van der Waals surface area (Å²) in [5.74, 6) is -0.0363. The first-order valence-corrected chi connectivity index (χ1v) is 10.5. The molecule has 1 amide bonds. The maximum absolute atomic E-state index is 12.5. The third-order valence-electron chi connectivity index (χ3n) is 5.56. The Balaban J connectivity index is 1.17. The first-order chi connectivity index (χ1) is 14.3. The Hall–Kier alpha value is -2.92. The van der Waals surface area contributed by atoms with Gasteiger partial charge in [0.05, 0.1) is 11.1 Å². The normalized spacial score (nSPS) is 14.8. The molecule has 2 aromatic carbocycles. The van der Waals surface area contributed by atoms with E-state index in [0.29, 0.717) is 12.1 Å². The number of unbranched alkanes of at least 4 members (excludes halogenated alkanes) is 1. The molecular formula is C24H28N4O. The third kappa shape index (κ3) is 4.93. The molecule has 0 unspecified atom stereocenters. The van der Waals surface area contributed by atoms with E-state index in [1.165, 1.54) is 5.69 Å². The highest BCUT2D eigenvalue weighted by molar-refractivity contribution is 6.05. The molecule has 0 aliphatic carbocycles. The molecule has 5 heteroatoms. The maximum atomic E-state index is 12.5. The van der Waals surface area contributed by atoms with E-state index < -0.39 is 0 Å². The molecule has 0 bridgehead atoms. The summed E-state index contributed by atoms with van der Waals surface area (Å²) in [7, 11) is 0. The number of carbonyl (C=O) groups is 1. The summed E-state index contributed by atoms with van der Waals surface area (Å²) in [6.07, 6.45) is 3.82. The molecule has 1 aliphatic rings. The van der Waals surface area contributed by atoms with Crippen molar-refractivity contribution < 1.29 is 4.79 Å². The van der Waals surface area contributed by atoms with Crippen molar-refractivity contribution in [2.75, 3.05) is 44.2 Å². The molecule has 3 aromatic rings. The van der Waals surface area contributed by atoms with Crippen LogP contribution in [-0.4, -0.2) is 55.1 Å². The third-order valence-corrected chi connectivity index (χ3v) is 5.56. The number of anilines is 1. The van der Waals surface area contributed by atoms with E-state index in [1.54, 1.807) is 6.20 Å². The van der Waals surface area contributed by atoms with Crippen LogP contribution in [0.5, 0.6) is 0 Å². The van der Waals surface area contributed by atoms with Crippen molar-refractivity contribution in [2.45, 2.75) is 12.8 Å². The van der Waals surface area contributed by atoms with E-state index in [1.807, 2.05) is 30.3 Å². The summed E-state index contributed by atoms with van der Waals surface area (Å²) in [5, 5.41) is 4.05. The lowest BCUT2D eigenvalue weighted by Crippen LogP contribution is -2.46. The van der Waals surface area contributed by atoms with Crippen molar-refractivity contribution in [1.29, 1.82) is 0 Å². The van der Waals surface area contributed by atoms with Gasteiger partial charge in [0.1, 0.15) is 0 Å². The Morgan fingerprint density at radius 1 is 0.897 bits per heavy atom. The van der Waals surface area contributed by atoms with Crippen LogP contribution in [0.1, 0.15) is 23.2 Å². The Morgan fingerprint density at radius 3 is 2.52 bits per heavy atom. The van der Waals surface area contributed by atoms with Gasteiger partial charge in [0.2, 0.25) is 0 Å². The molecule has 4 rings (SSSR count). The quantitative estimate of drug-likeness (QED) is 0.629. The molecule has 5 nitrogen and oxygen atoms in total. The van der Waals surface area contributed by atoms with Gasteiger partial charge in [-0.05, 0) is 43.7 Å². The number of aromatic nitrogens is 1. The number of hydrogen-bond donors (Lipinski definition) is 1. The zero-order valence-electron chi connectivity index (χ0n) is 16.8. The van der Waals surface area contributed by atoms with Gasteiger partial charge in [-0.3, -0.25) is 14.7 Å². The van der Waals surface area contributed by atoms with E-state index in [9.17, 15) is 4.79 Å². The second-order valence-electron chi connectivity index (χ2n) is 7.51. The molecule has 1 fully saturated rings. The van der Waals surface area contributed by atoms with Gasteiger partial charge in [-0.1, -0.05) is 36.4 Å². The topological polar surface area (TPSA) is 48.5 Å². The minimum Gasteiger partial charge on any atom is -0.369 e. The van der Waals surface area contributed by atoms with Crippen molar-refractivity contribution in [3.63, 3.8) is 0 Å². The van der Waals surface area contributed by atoms with Gasteiger partial charge in [-0.15, -0.1) is 0 Å². The first-order valence-electron chi connectivity index (χ1n) is 10.5. The number of hydrogen-bond acceptors (Lipinski definition) is 4. The minimum absolute atomic E-state index is 0.0363. The van der Waals surface area contributed by atoms with E-state index >= 15 is 0 Å². The minimum atomic E-state index is -0.0363. The number of nitrogens with one attached hydrogen (secondary N) is 1. The lowest BCUT2D eigenvalue weighted by atomic mass is 10.1. The van der Waals surface area contributed by atoms with Gasteiger partial charge in [0.25, 0.3) is 5.91 Å². The number of fused-ring (bicyclic) bond motifs is 1. The van der Waals surface area contributed by atoms with Crippen LogP contribution in [0.4, 0.5) is 5.69 Å². The Labute approximate surface area is 172 Å². The van der Waals surface area contributed by atoms with Crippen LogP contribution in [0.3, 0.4) is 0 Å². The number of carbonyl (C=O) groups excluding carboxylic acids is 1. The van der Waals surface area contributed by atoms with Crippen LogP contribution in [0.2, 0.25) is 0 Å². The van der Waals surface area contributed by atoms with Crippen molar-refractivity contribution in [2.24, 2.45) is 0 Å². The van der Waals surface area contributed by atoms with E-state index in [2.05, 4.69) is 50.4 Å². The number of benzene rings is 2. The summed E-state index contributed by atoms with van der Waals surface area (Å²) in [6.45, 7) is 6.15. The van der Waals surface area contributed by atoms with Gasteiger partial charge in [0, 0.05) is 50.0 Å². The van der Waals surface area contributed by atoms with Crippen molar-refractivity contribution >= 4 is 22.5 Å². The number of rotatable bonds is 7. The summed E-state index contributed by atoms with van der Waals surface area (Å²) >= 11 is 0. The van der Waals surface area contributed by atoms with Gasteiger partial charge >= 0.3 is 0 Å². The first kappa shape index (κ1) is 19.4. The summed E-state index contributed by atoms with van der Waals surface area (Å²) in [6, 6.07) is 20.2. The lowest BCUT2D eigenvalue weighted by Gasteiger charge is -2.36. The molecule has 0 saturated carbocycles. The predicted molar refractivity (Wildman–Crippen MR) is 118 cm³/mol. The van der Waals surface area contributed by atoms with E-state index in [0.717, 1.165) is 56.5 Å². The van der Waals surface area contributed by atoms with E-state index in [-0.39, 0.29) is 5.91 Å². The summed E-state index contributed by atoms with van der Waals surface area (Å²) in [4.78, 5) is 21.9. The van der Waals surface area contributed by atoms with Gasteiger partial charge in [-0.2, -0.15) is 0 Å². The van der Waals surface area contributed by atoms with Gasteiger partial charge in [-0.25, -0.2) is 0 Å². The molecule has 1 aromatic heterocycles. The highest BCUT2D eigenvalue weighted by Gasteiger charge is 2.16. The number of para-hydroxylation sites is 2. The highest BCUT2D eigenvalue weighted by atomic mass is 16.1. The van der Waals surface area contributed by atoms with Crippen LogP contribution >= 0.6 is 0 Å². The second-order valence-corrected chi connectivity index (χ2v) is 7.51. The Kier molecular flexibility index (Phi) is 6.37. The molecule has 0 spiro atoms. The number of nitrogens with zero attached hydrogens (tertiary/aromatic N) is 3. The average Bonchev–Trinajstić information content (AvgIpc) is 2.79. The zero-order valence-corrected chi connectivity index (χ0v) is 16.8. The van der Waals surface area contributed by atoms with Crippen molar-refractivity contribution in [3.8, 4) is 0 Å². The van der Waals surface area contributed by atoms with Gasteiger partial charge in [0.15, 0.2) is 0 Å². The highest BCUT2D eigenvalue weighted by Crippen LogP contribution is 2.17. The molecule has 2 heterocycles. The predicted octanol–water partition coefficient (Wildman–Crippen LogP) is 3.57. The van der Waals surface area contributed by atoms with Crippen LogP contribution in [-0.2, 0) is 0 Å². The Morgan fingerprint density at radius 2 is 1.69 bits per heavy atom. The van der Waals surface area contributed by atoms with Crippen molar-refractivity contribution in [3.05, 3.63) is 72.4 Å². The van der Waals surface area contributed by atoms with Crippen molar-refractivity contribution in [1.82, 2.24) is 15.2 Å². The fraction of sp³-hybridized carbons (Fsp3) is 0.333. The van der Waals surface area contributed by atoms with E-state index in [4.69, 9.17) is 0 Å². The maximum Gasteiger partial charge on any atom is 0.253 e. The molecule has 1 aliphatic heterocycles. The second kappa shape index (κ2) is 9.52. The monoisotopic (exact) mass is 388 g/mol. The molecule has 150 valence electrons. The van der Waals surface area contributed by atoms with Crippen LogP contribution < -0.4 is 10.2 Å². The fourth-order valence-electron chi connectivity index (χ4n) is 3.91. The zero-order chi connectivity index (χ0) is 19.9. The van der Waals surface area contributed by atoms with Crippen LogP contribution in [0, 0.1) is 0 Å². The summed E-state index contributed by atoms with van der Waals surface area (Å²) < 4.78 is 0. The van der Waals surface area contributed by atoms with Crippen LogP contribution in [0.15, 0.2) is 66.9 Å². The smallest absolute Gasteiger partial charge is 0.253 e. The fourth-order valence-corrected chi connectivity index (χ4v) is 3.91. The Bertz CT molecular complexity index is 931. The van der Waals surface area contributed by atoms with Crippen LogP contribution in [0.25, 0.3) is 10.9 Å². The number of amides is 1.